The zero-order chi connectivity index (χ0) is 18.3. The van der Waals surface area contributed by atoms with Gasteiger partial charge in [0.25, 0.3) is 5.91 Å². The van der Waals surface area contributed by atoms with Crippen molar-refractivity contribution in [2.24, 2.45) is 0 Å². The zero-order valence-corrected chi connectivity index (χ0v) is 14.8. The van der Waals surface area contributed by atoms with Gasteiger partial charge >= 0.3 is 0 Å². The molecule has 0 unspecified atom stereocenters. The SMILES string of the molecule is CNc1cc(C)nc([C@H]2CCN(C(=O)c3cc4cccc(F)c4[nH]3)C2)c1. The molecule has 1 atom stereocenters. The van der Waals surface area contributed by atoms with Gasteiger partial charge in [0.2, 0.25) is 0 Å². The summed E-state index contributed by atoms with van der Waals surface area (Å²) in [5, 5.41) is 3.86. The first-order valence-electron chi connectivity index (χ1n) is 8.78. The number of aromatic nitrogens is 2. The number of nitrogens with one attached hydrogen (secondary N) is 2. The highest BCUT2D eigenvalue weighted by Gasteiger charge is 2.30. The number of pyridine rings is 1. The van der Waals surface area contributed by atoms with E-state index >= 15 is 0 Å². The monoisotopic (exact) mass is 352 g/mol. The third kappa shape index (κ3) is 2.92. The second-order valence-electron chi connectivity index (χ2n) is 6.80. The molecule has 3 aromatic rings. The maximum atomic E-state index is 13.9. The fraction of sp³-hybridized carbons (Fsp3) is 0.300. The molecule has 134 valence electrons. The van der Waals surface area contributed by atoms with Gasteiger partial charge < -0.3 is 15.2 Å². The molecule has 0 radical (unpaired) electrons. The lowest BCUT2D eigenvalue weighted by Gasteiger charge is -2.16. The molecular formula is C20H21FN4O. The molecule has 0 aliphatic carbocycles. The minimum absolute atomic E-state index is 0.0930. The van der Waals surface area contributed by atoms with Gasteiger partial charge in [0, 0.05) is 48.5 Å². The lowest BCUT2D eigenvalue weighted by Crippen LogP contribution is -2.28. The molecule has 1 aliphatic heterocycles. The summed E-state index contributed by atoms with van der Waals surface area (Å²) < 4.78 is 13.9. The third-order valence-electron chi connectivity index (χ3n) is 4.99. The van der Waals surface area contributed by atoms with Gasteiger partial charge in [-0.05, 0) is 37.6 Å². The van der Waals surface area contributed by atoms with Gasteiger partial charge in [0.05, 0.1) is 5.52 Å². The molecule has 2 aromatic heterocycles. The van der Waals surface area contributed by atoms with Crippen LogP contribution in [0.2, 0.25) is 0 Å². The Bertz CT molecular complexity index is 981. The fourth-order valence-corrected chi connectivity index (χ4v) is 3.64. The van der Waals surface area contributed by atoms with E-state index < -0.39 is 0 Å². The zero-order valence-electron chi connectivity index (χ0n) is 14.8. The largest absolute Gasteiger partial charge is 0.388 e. The molecule has 26 heavy (non-hydrogen) atoms. The van der Waals surface area contributed by atoms with Gasteiger partial charge in [0.1, 0.15) is 11.5 Å². The first kappa shape index (κ1) is 16.6. The lowest BCUT2D eigenvalue weighted by molar-refractivity contribution is 0.0786. The third-order valence-corrected chi connectivity index (χ3v) is 4.99. The summed E-state index contributed by atoms with van der Waals surface area (Å²) in [6, 6.07) is 10.6. The van der Waals surface area contributed by atoms with Gasteiger partial charge in [-0.25, -0.2) is 4.39 Å². The van der Waals surface area contributed by atoms with Crippen molar-refractivity contribution in [2.45, 2.75) is 19.3 Å². The number of hydrogen-bond acceptors (Lipinski definition) is 3. The number of likely N-dealkylation sites (tertiary alicyclic amines) is 1. The molecule has 1 aliphatic rings. The van der Waals surface area contributed by atoms with Crippen LogP contribution in [-0.4, -0.2) is 40.9 Å². The summed E-state index contributed by atoms with van der Waals surface area (Å²) in [5.41, 5.74) is 3.81. The first-order valence-corrected chi connectivity index (χ1v) is 8.78. The average Bonchev–Trinajstić information content (AvgIpc) is 3.28. The first-order chi connectivity index (χ1) is 12.5. The molecule has 1 aromatic carbocycles. The average molecular weight is 352 g/mol. The Morgan fingerprint density at radius 1 is 1.35 bits per heavy atom. The number of carbonyl (C=O) groups excluding carboxylic acids is 1. The summed E-state index contributed by atoms with van der Waals surface area (Å²) in [5.74, 6) is -0.221. The van der Waals surface area contributed by atoms with Crippen molar-refractivity contribution in [3.63, 3.8) is 0 Å². The van der Waals surface area contributed by atoms with Gasteiger partial charge in [-0.15, -0.1) is 0 Å². The Labute approximate surface area is 151 Å². The van der Waals surface area contributed by atoms with Crippen LogP contribution in [0.4, 0.5) is 10.1 Å². The number of para-hydroxylation sites is 1. The van der Waals surface area contributed by atoms with Gasteiger partial charge in [-0.1, -0.05) is 12.1 Å². The Balaban J connectivity index is 1.55. The summed E-state index contributed by atoms with van der Waals surface area (Å²) >= 11 is 0. The number of H-pyrrole nitrogens is 1. The molecule has 1 saturated heterocycles. The van der Waals surface area contributed by atoms with Crippen LogP contribution in [0.5, 0.6) is 0 Å². The van der Waals surface area contributed by atoms with E-state index in [1.54, 1.807) is 18.2 Å². The number of benzene rings is 1. The molecule has 2 N–H and O–H groups in total. The van der Waals surface area contributed by atoms with Crippen molar-refractivity contribution in [2.75, 3.05) is 25.5 Å². The van der Waals surface area contributed by atoms with Crippen LogP contribution >= 0.6 is 0 Å². The highest BCUT2D eigenvalue weighted by atomic mass is 19.1. The number of carbonyl (C=O) groups is 1. The standard InChI is InChI=1S/C20H21FN4O/c1-12-8-15(22-2)10-17(23-12)14-6-7-25(11-14)20(26)18-9-13-4-3-5-16(21)19(13)24-18/h3-5,8-10,14,24H,6-7,11H2,1-2H3,(H,22,23)/t14-/m0/s1. The summed E-state index contributed by atoms with van der Waals surface area (Å²) in [4.78, 5) is 22.2. The van der Waals surface area contributed by atoms with Gasteiger partial charge in [-0.2, -0.15) is 0 Å². The highest BCUT2D eigenvalue weighted by molar-refractivity contribution is 5.98. The van der Waals surface area contributed by atoms with Crippen molar-refractivity contribution in [3.8, 4) is 0 Å². The summed E-state index contributed by atoms with van der Waals surface area (Å²) in [6.45, 7) is 3.27. The van der Waals surface area contributed by atoms with Crippen LogP contribution in [0.25, 0.3) is 10.9 Å². The molecule has 0 spiro atoms. The van der Waals surface area contributed by atoms with Crippen LogP contribution in [0.15, 0.2) is 36.4 Å². The van der Waals surface area contributed by atoms with Crippen LogP contribution in [0.1, 0.15) is 34.2 Å². The number of halogens is 1. The number of hydrogen-bond donors (Lipinski definition) is 2. The molecule has 1 fully saturated rings. The van der Waals surface area contributed by atoms with Crippen molar-refractivity contribution in [3.05, 3.63) is 59.3 Å². The minimum Gasteiger partial charge on any atom is -0.388 e. The van der Waals surface area contributed by atoms with E-state index in [2.05, 4.69) is 15.3 Å². The predicted octanol–water partition coefficient (Wildman–Crippen LogP) is 3.68. The fourth-order valence-electron chi connectivity index (χ4n) is 3.64. The second-order valence-corrected chi connectivity index (χ2v) is 6.80. The van der Waals surface area contributed by atoms with E-state index in [-0.39, 0.29) is 17.6 Å². The van der Waals surface area contributed by atoms with Crippen LogP contribution < -0.4 is 5.32 Å². The quantitative estimate of drug-likeness (QED) is 0.756. The van der Waals surface area contributed by atoms with Crippen molar-refractivity contribution >= 4 is 22.5 Å². The topological polar surface area (TPSA) is 61.0 Å². The molecular weight excluding hydrogens is 331 g/mol. The number of fused-ring (bicyclic) bond motifs is 1. The Morgan fingerprint density at radius 3 is 2.96 bits per heavy atom. The number of aromatic amines is 1. The Kier molecular flexibility index (Phi) is 4.11. The second kappa shape index (κ2) is 6.44. The van der Waals surface area contributed by atoms with E-state index in [9.17, 15) is 9.18 Å². The van der Waals surface area contributed by atoms with E-state index in [4.69, 9.17) is 0 Å². The van der Waals surface area contributed by atoms with Gasteiger partial charge in [0.15, 0.2) is 0 Å². The molecule has 0 saturated carbocycles. The van der Waals surface area contributed by atoms with E-state index in [0.717, 1.165) is 23.5 Å². The number of aryl methyl sites for hydroxylation is 1. The minimum atomic E-state index is -0.343. The Hall–Kier alpha value is -2.89. The molecule has 0 bridgehead atoms. The van der Waals surface area contributed by atoms with Crippen molar-refractivity contribution in [1.29, 1.82) is 0 Å². The maximum absolute atomic E-state index is 13.9. The molecule has 4 rings (SSSR count). The van der Waals surface area contributed by atoms with E-state index in [0.29, 0.717) is 29.7 Å². The number of amides is 1. The Morgan fingerprint density at radius 2 is 2.19 bits per heavy atom. The molecule has 1 amide bonds. The molecule has 5 nitrogen and oxygen atoms in total. The maximum Gasteiger partial charge on any atom is 0.270 e. The molecule has 6 heteroatoms. The van der Waals surface area contributed by atoms with Crippen LogP contribution in [0.3, 0.4) is 0 Å². The summed E-state index contributed by atoms with van der Waals surface area (Å²) in [7, 11) is 1.89. The van der Waals surface area contributed by atoms with E-state index in [1.165, 1.54) is 6.07 Å². The number of nitrogens with zero attached hydrogens (tertiary/aromatic N) is 2. The normalized spacial score (nSPS) is 17.0. The predicted molar refractivity (Wildman–Crippen MR) is 100 cm³/mol. The van der Waals surface area contributed by atoms with Crippen molar-refractivity contribution in [1.82, 2.24) is 14.9 Å². The van der Waals surface area contributed by atoms with Crippen LogP contribution in [0, 0.1) is 12.7 Å². The molecule has 3 heterocycles. The number of anilines is 1. The lowest BCUT2D eigenvalue weighted by atomic mass is 10.0. The summed E-state index contributed by atoms with van der Waals surface area (Å²) in [6.07, 6.45) is 0.875. The van der Waals surface area contributed by atoms with E-state index in [1.807, 2.05) is 31.0 Å². The van der Waals surface area contributed by atoms with Gasteiger partial charge in [-0.3, -0.25) is 9.78 Å². The number of rotatable bonds is 3. The smallest absolute Gasteiger partial charge is 0.270 e. The van der Waals surface area contributed by atoms with Crippen molar-refractivity contribution < 1.29 is 9.18 Å². The van der Waals surface area contributed by atoms with Crippen LogP contribution in [-0.2, 0) is 0 Å². The highest BCUT2D eigenvalue weighted by Crippen LogP contribution is 2.29.